The van der Waals surface area contributed by atoms with E-state index >= 15 is 0 Å². The number of carbonyl (C=O) groups is 1. The summed E-state index contributed by atoms with van der Waals surface area (Å²) < 4.78 is 5.78. The molecular weight excluding hydrogens is 270 g/mol. The van der Waals surface area contributed by atoms with Crippen molar-refractivity contribution >= 4 is 5.91 Å². The van der Waals surface area contributed by atoms with E-state index in [-0.39, 0.29) is 18.6 Å². The zero-order valence-corrected chi connectivity index (χ0v) is 12.4. The van der Waals surface area contributed by atoms with Gasteiger partial charge in [0, 0.05) is 32.7 Å². The van der Waals surface area contributed by atoms with Gasteiger partial charge < -0.3 is 25.4 Å². The van der Waals surface area contributed by atoms with Gasteiger partial charge in [0.25, 0.3) is 5.91 Å². The van der Waals surface area contributed by atoms with Crippen molar-refractivity contribution in [1.29, 1.82) is 0 Å². The summed E-state index contributed by atoms with van der Waals surface area (Å²) in [6.45, 7) is 5.31. The molecule has 118 valence electrons. The van der Waals surface area contributed by atoms with E-state index in [1.54, 1.807) is 0 Å². The summed E-state index contributed by atoms with van der Waals surface area (Å²) in [4.78, 5) is 14.3. The van der Waals surface area contributed by atoms with E-state index in [2.05, 4.69) is 21.5 Å². The van der Waals surface area contributed by atoms with E-state index < -0.39 is 12.2 Å². The number of aliphatic hydroxyl groups excluding tert-OH is 1. The SMILES string of the molecule is C#CCNC(=O)[C@H]1O[C@H](CCN2CCNCC2)CC[C@@H]1O. The highest BCUT2D eigenvalue weighted by Crippen LogP contribution is 2.22. The molecule has 2 aliphatic heterocycles. The van der Waals surface area contributed by atoms with Gasteiger partial charge in [0.1, 0.15) is 0 Å². The van der Waals surface area contributed by atoms with Gasteiger partial charge in [0.05, 0.1) is 18.8 Å². The standard InChI is InChI=1S/C15H25N3O3/c1-2-6-17-15(20)14-13(19)4-3-12(21-14)5-9-18-10-7-16-8-11-18/h1,12-14,16,19H,3-11H2,(H,17,20)/t12-,13-,14-/m0/s1. The molecule has 0 aromatic carbocycles. The normalized spacial score (nSPS) is 30.6. The van der Waals surface area contributed by atoms with Crippen LogP contribution in [0.2, 0.25) is 0 Å². The fourth-order valence-electron chi connectivity index (χ4n) is 2.82. The van der Waals surface area contributed by atoms with Crippen molar-refractivity contribution in [3.63, 3.8) is 0 Å². The van der Waals surface area contributed by atoms with Gasteiger partial charge in [-0.1, -0.05) is 5.92 Å². The van der Waals surface area contributed by atoms with Crippen LogP contribution in [0.4, 0.5) is 0 Å². The van der Waals surface area contributed by atoms with Crippen LogP contribution in [0.5, 0.6) is 0 Å². The Kier molecular flexibility index (Phi) is 6.46. The lowest BCUT2D eigenvalue weighted by molar-refractivity contribution is -0.158. The summed E-state index contributed by atoms with van der Waals surface area (Å²) in [5.74, 6) is 2.04. The number of terminal acetylenes is 1. The molecule has 3 N–H and O–H groups in total. The van der Waals surface area contributed by atoms with Gasteiger partial charge in [-0.25, -0.2) is 0 Å². The lowest BCUT2D eigenvalue weighted by Gasteiger charge is -2.34. The van der Waals surface area contributed by atoms with Crippen LogP contribution in [0, 0.1) is 12.3 Å². The Hall–Kier alpha value is -1.13. The smallest absolute Gasteiger partial charge is 0.252 e. The molecule has 0 aromatic heterocycles. The molecule has 21 heavy (non-hydrogen) atoms. The van der Waals surface area contributed by atoms with Crippen LogP contribution in [0.15, 0.2) is 0 Å². The first kappa shape index (κ1) is 16.2. The molecule has 2 heterocycles. The van der Waals surface area contributed by atoms with Crippen molar-refractivity contribution in [1.82, 2.24) is 15.5 Å². The van der Waals surface area contributed by atoms with Crippen LogP contribution in [0.3, 0.4) is 0 Å². The van der Waals surface area contributed by atoms with Crippen LogP contribution in [0.1, 0.15) is 19.3 Å². The molecule has 2 fully saturated rings. The molecule has 2 aliphatic rings. The molecule has 0 unspecified atom stereocenters. The second kappa shape index (κ2) is 8.35. The first-order chi connectivity index (χ1) is 10.2. The predicted octanol–water partition coefficient (Wildman–Crippen LogP) is -1.06. The van der Waals surface area contributed by atoms with Gasteiger partial charge in [-0.15, -0.1) is 6.42 Å². The molecular formula is C15H25N3O3. The maximum atomic E-state index is 11.9. The van der Waals surface area contributed by atoms with Crippen LogP contribution >= 0.6 is 0 Å². The monoisotopic (exact) mass is 295 g/mol. The average molecular weight is 295 g/mol. The van der Waals surface area contributed by atoms with Crippen molar-refractivity contribution in [2.24, 2.45) is 0 Å². The van der Waals surface area contributed by atoms with E-state index in [1.807, 2.05) is 0 Å². The third-order valence-corrected chi connectivity index (χ3v) is 4.07. The number of aliphatic hydroxyl groups is 1. The lowest BCUT2D eigenvalue weighted by atomic mass is 9.98. The average Bonchev–Trinajstić information content (AvgIpc) is 2.52. The quantitative estimate of drug-likeness (QED) is 0.564. The molecule has 1 amide bonds. The second-order valence-corrected chi connectivity index (χ2v) is 5.63. The molecule has 0 radical (unpaired) electrons. The maximum Gasteiger partial charge on any atom is 0.252 e. The van der Waals surface area contributed by atoms with Gasteiger partial charge in [0.2, 0.25) is 0 Å². The third kappa shape index (κ3) is 4.97. The molecule has 0 aliphatic carbocycles. The zero-order valence-electron chi connectivity index (χ0n) is 12.4. The summed E-state index contributed by atoms with van der Waals surface area (Å²) in [5.41, 5.74) is 0. The van der Waals surface area contributed by atoms with Crippen LogP contribution < -0.4 is 10.6 Å². The second-order valence-electron chi connectivity index (χ2n) is 5.63. The van der Waals surface area contributed by atoms with Gasteiger partial charge in [-0.05, 0) is 19.3 Å². The number of hydrogen-bond donors (Lipinski definition) is 3. The highest BCUT2D eigenvalue weighted by atomic mass is 16.5. The molecule has 0 saturated carbocycles. The molecule has 0 aromatic rings. The van der Waals surface area contributed by atoms with Gasteiger partial charge in [-0.3, -0.25) is 4.79 Å². The first-order valence-corrected chi connectivity index (χ1v) is 7.68. The van der Waals surface area contributed by atoms with Gasteiger partial charge in [-0.2, -0.15) is 0 Å². The summed E-state index contributed by atoms with van der Waals surface area (Å²) in [6.07, 6.45) is 5.91. The molecule has 6 heteroatoms. The molecule has 2 rings (SSSR count). The number of hydrogen-bond acceptors (Lipinski definition) is 5. The fourth-order valence-corrected chi connectivity index (χ4v) is 2.82. The number of nitrogens with zero attached hydrogens (tertiary/aromatic N) is 1. The van der Waals surface area contributed by atoms with E-state index in [4.69, 9.17) is 11.2 Å². The van der Waals surface area contributed by atoms with E-state index in [0.717, 1.165) is 45.6 Å². The molecule has 6 nitrogen and oxygen atoms in total. The Morgan fingerprint density at radius 1 is 1.43 bits per heavy atom. The topological polar surface area (TPSA) is 73.8 Å². The predicted molar refractivity (Wildman–Crippen MR) is 79.7 cm³/mol. The lowest BCUT2D eigenvalue weighted by Crippen LogP contribution is -2.50. The molecule has 3 atom stereocenters. The number of nitrogens with one attached hydrogen (secondary N) is 2. The maximum absolute atomic E-state index is 11.9. The molecule has 0 bridgehead atoms. The minimum absolute atomic E-state index is 0.0323. The van der Waals surface area contributed by atoms with E-state index in [0.29, 0.717) is 6.42 Å². The van der Waals surface area contributed by atoms with Crippen molar-refractivity contribution in [2.75, 3.05) is 39.3 Å². The van der Waals surface area contributed by atoms with Crippen LogP contribution in [-0.2, 0) is 9.53 Å². The summed E-state index contributed by atoms with van der Waals surface area (Å²) in [6, 6.07) is 0. The van der Waals surface area contributed by atoms with E-state index in [9.17, 15) is 9.90 Å². The summed E-state index contributed by atoms with van der Waals surface area (Å²) in [5, 5.41) is 15.8. The van der Waals surface area contributed by atoms with Crippen molar-refractivity contribution in [2.45, 2.75) is 37.6 Å². The fraction of sp³-hybridized carbons (Fsp3) is 0.800. The van der Waals surface area contributed by atoms with Crippen LogP contribution in [-0.4, -0.2) is 73.5 Å². The number of ether oxygens (including phenoxy) is 1. The zero-order chi connectivity index (χ0) is 15.1. The van der Waals surface area contributed by atoms with Crippen LogP contribution in [0.25, 0.3) is 0 Å². The third-order valence-electron chi connectivity index (χ3n) is 4.07. The van der Waals surface area contributed by atoms with Crippen molar-refractivity contribution in [3.05, 3.63) is 0 Å². The highest BCUT2D eigenvalue weighted by molar-refractivity contribution is 5.81. The number of carbonyl (C=O) groups excluding carboxylic acids is 1. The number of amides is 1. The Bertz CT molecular complexity index is 377. The minimum Gasteiger partial charge on any atom is -0.390 e. The van der Waals surface area contributed by atoms with Gasteiger partial charge >= 0.3 is 0 Å². The summed E-state index contributed by atoms with van der Waals surface area (Å²) >= 11 is 0. The van der Waals surface area contributed by atoms with E-state index in [1.165, 1.54) is 0 Å². The number of piperazine rings is 1. The molecule has 0 spiro atoms. The Morgan fingerprint density at radius 3 is 2.90 bits per heavy atom. The first-order valence-electron chi connectivity index (χ1n) is 7.68. The largest absolute Gasteiger partial charge is 0.390 e. The van der Waals surface area contributed by atoms with Crippen molar-refractivity contribution in [3.8, 4) is 12.3 Å². The van der Waals surface area contributed by atoms with Crippen molar-refractivity contribution < 1.29 is 14.6 Å². The Labute approximate surface area is 126 Å². The minimum atomic E-state index is -0.792. The van der Waals surface area contributed by atoms with Gasteiger partial charge in [0.15, 0.2) is 6.10 Å². The summed E-state index contributed by atoms with van der Waals surface area (Å²) in [7, 11) is 0. The number of rotatable bonds is 5. The Morgan fingerprint density at radius 2 is 2.19 bits per heavy atom. The highest BCUT2D eigenvalue weighted by Gasteiger charge is 2.34. The Balaban J connectivity index is 1.76. The molecule has 2 saturated heterocycles.